The molecule has 0 saturated heterocycles. The summed E-state index contributed by atoms with van der Waals surface area (Å²) in [4.78, 5) is 0.314. The number of nitrogens with zero attached hydrogens (tertiary/aromatic N) is 1. The van der Waals surface area contributed by atoms with E-state index in [0.717, 1.165) is 0 Å². The van der Waals surface area contributed by atoms with E-state index >= 15 is 0 Å². The van der Waals surface area contributed by atoms with Crippen LogP contribution in [-0.4, -0.2) is 21.6 Å². The first-order valence-electron chi connectivity index (χ1n) is 3.92. The van der Waals surface area contributed by atoms with Crippen LogP contribution in [0.5, 0.6) is 0 Å². The number of halogens is 1. The lowest BCUT2D eigenvalue weighted by Gasteiger charge is -2.02. The number of rotatable bonds is 1. The highest BCUT2D eigenvalue weighted by molar-refractivity contribution is 8.01. The van der Waals surface area contributed by atoms with Crippen molar-refractivity contribution in [1.82, 2.24) is 0 Å². The Kier molecular flexibility index (Phi) is 3.20. The zero-order valence-corrected chi connectivity index (χ0v) is 9.52. The van der Waals surface area contributed by atoms with Gasteiger partial charge in [0.15, 0.2) is 0 Å². The van der Waals surface area contributed by atoms with Crippen molar-refractivity contribution >= 4 is 26.0 Å². The molecule has 0 N–H and O–H groups in total. The molecule has 0 bridgehead atoms. The van der Waals surface area contributed by atoms with E-state index in [0.29, 0.717) is 15.5 Å². The fraction of sp³-hybridized carbons (Fsp3) is 0.200. The van der Waals surface area contributed by atoms with Crippen LogP contribution in [0.15, 0.2) is 24.3 Å². The fourth-order valence-electron chi connectivity index (χ4n) is 1.06. The molecule has 0 amide bonds. The maximum absolute atomic E-state index is 11.7. The van der Waals surface area contributed by atoms with Crippen LogP contribution in [0.2, 0.25) is 5.02 Å². The molecule has 1 aromatic carbocycles. The number of hydrogen-bond donors (Lipinski definition) is 0. The minimum absolute atomic E-state index is 0.314. The number of hydrogen-bond acceptors (Lipinski definition) is 2. The predicted octanol–water partition coefficient (Wildman–Crippen LogP) is 1.93. The minimum atomic E-state index is -2.22. The van der Waals surface area contributed by atoms with Crippen LogP contribution in [0.4, 0.5) is 0 Å². The largest absolute Gasteiger partial charge is 0.267 e. The molecule has 1 aromatic rings. The summed E-state index contributed by atoms with van der Waals surface area (Å²) in [5.74, 6) is 0. The Morgan fingerprint density at radius 1 is 1.36 bits per heavy atom. The van der Waals surface area contributed by atoms with Crippen LogP contribution in [0.25, 0.3) is 0 Å². The van der Waals surface area contributed by atoms with Crippen molar-refractivity contribution in [3.05, 3.63) is 34.9 Å². The second-order valence-corrected chi connectivity index (χ2v) is 6.49. The monoisotopic (exact) mass is 227 g/mol. The number of nitriles is 1. The van der Waals surface area contributed by atoms with Gasteiger partial charge in [-0.25, -0.2) is 0 Å². The minimum Gasteiger partial charge on any atom is -0.267 e. The second kappa shape index (κ2) is 4.04. The molecular weight excluding hydrogens is 218 g/mol. The summed E-state index contributed by atoms with van der Waals surface area (Å²) in [7, 11) is -2.22. The maximum atomic E-state index is 11.7. The molecule has 0 saturated carbocycles. The maximum Gasteiger partial charge on any atom is 0.111 e. The Morgan fingerprint density at radius 3 is 2.21 bits per heavy atom. The summed E-state index contributed by atoms with van der Waals surface area (Å²) >= 11 is 5.71. The van der Waals surface area contributed by atoms with Crippen LogP contribution in [0, 0.1) is 11.3 Å². The molecule has 74 valence electrons. The molecule has 2 nitrogen and oxygen atoms in total. The van der Waals surface area contributed by atoms with Crippen molar-refractivity contribution in [2.24, 2.45) is 0 Å². The van der Waals surface area contributed by atoms with Crippen LogP contribution >= 0.6 is 11.6 Å². The van der Waals surface area contributed by atoms with E-state index in [2.05, 4.69) is 0 Å². The molecule has 0 aliphatic carbocycles. The molecule has 0 aromatic heterocycles. The molecule has 0 atom stereocenters. The van der Waals surface area contributed by atoms with Gasteiger partial charge in [0.1, 0.15) is 10.9 Å². The molecule has 1 rings (SSSR count). The summed E-state index contributed by atoms with van der Waals surface area (Å²) in [5.41, 5.74) is 0.673. The van der Waals surface area contributed by atoms with Crippen LogP contribution in [0.3, 0.4) is 0 Å². The van der Waals surface area contributed by atoms with Crippen molar-refractivity contribution in [1.29, 1.82) is 5.26 Å². The molecule has 0 fully saturated rings. The molecule has 0 unspecified atom stereocenters. The van der Waals surface area contributed by atoms with Gasteiger partial charge >= 0.3 is 0 Å². The Labute approximate surface area is 89.1 Å². The van der Waals surface area contributed by atoms with E-state index in [1.54, 1.807) is 36.8 Å². The van der Waals surface area contributed by atoms with E-state index in [1.807, 2.05) is 6.07 Å². The zero-order chi connectivity index (χ0) is 10.8. The molecule has 0 spiro atoms. The van der Waals surface area contributed by atoms with Gasteiger partial charge in [-0.2, -0.15) is 5.26 Å². The van der Waals surface area contributed by atoms with Gasteiger partial charge in [-0.05, 0) is 21.7 Å². The van der Waals surface area contributed by atoms with Crippen molar-refractivity contribution in [3.63, 3.8) is 0 Å². The molecule has 14 heavy (non-hydrogen) atoms. The van der Waals surface area contributed by atoms with Gasteiger partial charge in [0.2, 0.25) is 0 Å². The molecule has 0 heterocycles. The van der Waals surface area contributed by atoms with E-state index in [4.69, 9.17) is 16.9 Å². The van der Waals surface area contributed by atoms with Crippen molar-refractivity contribution in [2.75, 3.05) is 12.5 Å². The summed E-state index contributed by atoms with van der Waals surface area (Å²) < 4.78 is 11.7. The highest BCUT2D eigenvalue weighted by Crippen LogP contribution is 2.11. The molecular formula is C10H10ClNOS. The Bertz CT molecular complexity index is 482. The second-order valence-electron chi connectivity index (χ2n) is 3.18. The lowest BCUT2D eigenvalue weighted by Crippen LogP contribution is -2.10. The van der Waals surface area contributed by atoms with Crippen molar-refractivity contribution in [3.8, 4) is 6.07 Å². The predicted molar refractivity (Wildman–Crippen MR) is 61.2 cm³/mol. The Hall–Kier alpha value is -0.980. The molecule has 0 radical (unpaired) electrons. The quantitative estimate of drug-likeness (QED) is 0.543. The summed E-state index contributed by atoms with van der Waals surface area (Å²) in [5, 5.41) is 9.49. The van der Waals surface area contributed by atoms with Gasteiger partial charge in [0.05, 0.1) is 0 Å². The Balaban J connectivity index is 3.40. The number of benzene rings is 1. The van der Waals surface area contributed by atoms with Gasteiger partial charge in [-0.1, -0.05) is 23.7 Å². The first-order valence-corrected chi connectivity index (χ1v) is 6.67. The third-order valence-electron chi connectivity index (χ3n) is 1.70. The van der Waals surface area contributed by atoms with E-state index in [9.17, 15) is 4.21 Å². The summed E-state index contributed by atoms with van der Waals surface area (Å²) in [6.07, 6.45) is 3.11. The van der Waals surface area contributed by atoms with Gasteiger partial charge in [0, 0.05) is 23.1 Å². The Morgan fingerprint density at radius 2 is 1.86 bits per heavy atom. The van der Waals surface area contributed by atoms with Gasteiger partial charge in [-0.3, -0.25) is 4.21 Å². The average Bonchev–Trinajstić information content (AvgIpc) is 2.07. The summed E-state index contributed by atoms with van der Waals surface area (Å²) in [6, 6.07) is 8.74. The third-order valence-corrected chi connectivity index (χ3v) is 3.26. The summed E-state index contributed by atoms with van der Waals surface area (Å²) in [6.45, 7) is 0. The standard InChI is InChI=1S/C10H10ClNOS/c1-14(2,13)10(7-12)8-3-5-9(11)6-4-8/h3-6H,1-2H3. The van der Waals surface area contributed by atoms with Crippen molar-refractivity contribution in [2.45, 2.75) is 0 Å². The molecule has 0 aliphatic heterocycles. The van der Waals surface area contributed by atoms with E-state index in [1.165, 1.54) is 0 Å². The first-order chi connectivity index (χ1) is 6.45. The molecule has 4 heteroatoms. The van der Waals surface area contributed by atoms with Gasteiger partial charge in [-0.15, -0.1) is 0 Å². The normalized spacial score (nSPS) is 10.7. The fourth-order valence-corrected chi connectivity index (χ4v) is 2.11. The average molecular weight is 228 g/mol. The molecule has 0 aliphatic rings. The lowest BCUT2D eigenvalue weighted by atomic mass is 10.2. The highest BCUT2D eigenvalue weighted by Gasteiger charge is 2.07. The lowest BCUT2D eigenvalue weighted by molar-refractivity contribution is 0.688. The van der Waals surface area contributed by atoms with Crippen LogP contribution < -0.4 is 0 Å². The third kappa shape index (κ3) is 2.50. The van der Waals surface area contributed by atoms with Gasteiger partial charge < -0.3 is 0 Å². The zero-order valence-electron chi connectivity index (χ0n) is 7.95. The van der Waals surface area contributed by atoms with Crippen molar-refractivity contribution < 1.29 is 4.21 Å². The SMILES string of the molecule is CS(C)(=O)=C(C#N)c1ccc(Cl)cc1. The van der Waals surface area contributed by atoms with E-state index in [-0.39, 0.29) is 0 Å². The topological polar surface area (TPSA) is 40.9 Å². The smallest absolute Gasteiger partial charge is 0.111 e. The van der Waals surface area contributed by atoms with Gasteiger partial charge in [0.25, 0.3) is 0 Å². The highest BCUT2D eigenvalue weighted by atomic mass is 35.5. The van der Waals surface area contributed by atoms with Crippen LogP contribution in [-0.2, 0) is 9.52 Å². The first kappa shape index (κ1) is 11.1. The van der Waals surface area contributed by atoms with E-state index < -0.39 is 9.52 Å². The van der Waals surface area contributed by atoms with Crippen LogP contribution in [0.1, 0.15) is 5.56 Å².